The molecule has 0 unspecified atom stereocenters. The molecule has 1 N–H and O–H groups in total. The van der Waals surface area contributed by atoms with Gasteiger partial charge in [0.25, 0.3) is 0 Å². The van der Waals surface area contributed by atoms with Gasteiger partial charge in [-0.05, 0) is 43.9 Å². The van der Waals surface area contributed by atoms with E-state index in [1.807, 2.05) is 26.4 Å². The molecule has 0 spiro atoms. The van der Waals surface area contributed by atoms with Crippen molar-refractivity contribution in [2.24, 2.45) is 0 Å². The van der Waals surface area contributed by atoms with Crippen molar-refractivity contribution in [3.63, 3.8) is 0 Å². The molecular formula is C14H21N3O. The summed E-state index contributed by atoms with van der Waals surface area (Å²) in [5.74, 6) is 0.208. The summed E-state index contributed by atoms with van der Waals surface area (Å²) < 4.78 is 0. The quantitative estimate of drug-likeness (QED) is 0.851. The molecule has 1 aliphatic heterocycles. The molecule has 98 valence electrons. The zero-order valence-corrected chi connectivity index (χ0v) is 11.1. The van der Waals surface area contributed by atoms with Crippen LogP contribution in [-0.4, -0.2) is 42.0 Å². The fourth-order valence-electron chi connectivity index (χ4n) is 2.50. The van der Waals surface area contributed by atoms with Gasteiger partial charge >= 0.3 is 0 Å². The number of aryl methyl sites for hydroxylation is 1. The van der Waals surface area contributed by atoms with Gasteiger partial charge in [-0.15, -0.1) is 0 Å². The molecular weight excluding hydrogens is 226 g/mol. The van der Waals surface area contributed by atoms with Gasteiger partial charge in [0, 0.05) is 26.5 Å². The molecule has 18 heavy (non-hydrogen) atoms. The third-order valence-electron chi connectivity index (χ3n) is 3.62. The number of nitrogens with one attached hydrogen (secondary N) is 1. The number of nitrogens with zero attached hydrogens (tertiary/aromatic N) is 2. The Labute approximate surface area is 108 Å². The van der Waals surface area contributed by atoms with Crippen molar-refractivity contribution in [1.82, 2.24) is 15.2 Å². The number of carbonyl (C=O) groups is 1. The van der Waals surface area contributed by atoms with Gasteiger partial charge in [-0.25, -0.2) is 0 Å². The van der Waals surface area contributed by atoms with Crippen molar-refractivity contribution in [1.29, 1.82) is 0 Å². The van der Waals surface area contributed by atoms with E-state index in [4.69, 9.17) is 0 Å². The molecule has 1 amide bonds. The molecule has 0 saturated carbocycles. The highest BCUT2D eigenvalue weighted by molar-refractivity contribution is 5.87. The van der Waals surface area contributed by atoms with E-state index in [2.05, 4.69) is 16.4 Å². The average molecular weight is 247 g/mol. The molecule has 0 aliphatic carbocycles. The van der Waals surface area contributed by atoms with E-state index in [-0.39, 0.29) is 11.4 Å². The maximum absolute atomic E-state index is 12.1. The number of pyridine rings is 1. The van der Waals surface area contributed by atoms with Crippen LogP contribution in [0.25, 0.3) is 0 Å². The summed E-state index contributed by atoms with van der Waals surface area (Å²) in [6.07, 6.45) is 7.54. The number of likely N-dealkylation sites (N-methyl/N-ethyl adjacent to an activating group) is 1. The summed E-state index contributed by atoms with van der Waals surface area (Å²) in [5, 5.41) is 3.32. The van der Waals surface area contributed by atoms with Crippen LogP contribution >= 0.6 is 0 Å². The SMILES string of the molecule is CN(C)C(=O)[C@@]1(CCCc2cccnc2)CCN1. The number of rotatable bonds is 5. The Kier molecular flexibility index (Phi) is 3.97. The molecule has 1 saturated heterocycles. The lowest BCUT2D eigenvalue weighted by atomic mass is 9.81. The standard InChI is InChI=1S/C14H21N3O/c1-17(2)13(18)14(8-10-16-14)7-3-5-12-6-4-9-15-11-12/h4,6,9,11,16H,3,5,7-8,10H2,1-2H3/t14-/m1/s1. The third-order valence-corrected chi connectivity index (χ3v) is 3.62. The van der Waals surface area contributed by atoms with E-state index in [1.165, 1.54) is 5.56 Å². The summed E-state index contributed by atoms with van der Waals surface area (Å²) in [6.45, 7) is 0.951. The van der Waals surface area contributed by atoms with Gasteiger partial charge in [0.1, 0.15) is 0 Å². The Hall–Kier alpha value is -1.42. The predicted octanol–water partition coefficient (Wildman–Crippen LogP) is 1.22. The minimum Gasteiger partial charge on any atom is -0.347 e. The van der Waals surface area contributed by atoms with Crippen LogP contribution in [0.4, 0.5) is 0 Å². The first-order chi connectivity index (χ1) is 8.64. The smallest absolute Gasteiger partial charge is 0.242 e. The second kappa shape index (κ2) is 5.48. The van der Waals surface area contributed by atoms with E-state index < -0.39 is 0 Å². The van der Waals surface area contributed by atoms with Crippen LogP contribution in [0.1, 0.15) is 24.8 Å². The summed E-state index contributed by atoms with van der Waals surface area (Å²) in [4.78, 5) is 17.9. The molecule has 1 aliphatic rings. The molecule has 0 bridgehead atoms. The summed E-state index contributed by atoms with van der Waals surface area (Å²) in [7, 11) is 3.65. The fraction of sp³-hybridized carbons (Fsp3) is 0.571. The number of amides is 1. The molecule has 2 rings (SSSR count). The summed E-state index contributed by atoms with van der Waals surface area (Å²) in [5.41, 5.74) is 0.940. The Bertz CT molecular complexity index is 399. The van der Waals surface area contributed by atoms with E-state index >= 15 is 0 Å². The van der Waals surface area contributed by atoms with Crippen LogP contribution in [0.15, 0.2) is 24.5 Å². The van der Waals surface area contributed by atoms with Gasteiger partial charge in [0.2, 0.25) is 5.91 Å². The topological polar surface area (TPSA) is 45.2 Å². The maximum atomic E-state index is 12.1. The van der Waals surface area contributed by atoms with Gasteiger partial charge in [-0.2, -0.15) is 0 Å². The van der Waals surface area contributed by atoms with Crippen LogP contribution in [0.5, 0.6) is 0 Å². The summed E-state index contributed by atoms with van der Waals surface area (Å²) >= 11 is 0. The van der Waals surface area contributed by atoms with Crippen LogP contribution in [0.2, 0.25) is 0 Å². The Morgan fingerprint density at radius 1 is 1.56 bits per heavy atom. The molecule has 1 fully saturated rings. The van der Waals surface area contributed by atoms with Crippen molar-refractivity contribution in [3.05, 3.63) is 30.1 Å². The number of aromatic nitrogens is 1. The lowest BCUT2D eigenvalue weighted by molar-refractivity contribution is -0.139. The zero-order chi connectivity index (χ0) is 13.0. The van der Waals surface area contributed by atoms with E-state index in [9.17, 15) is 4.79 Å². The first-order valence-electron chi connectivity index (χ1n) is 6.50. The van der Waals surface area contributed by atoms with Gasteiger partial charge in [0.05, 0.1) is 5.54 Å². The molecule has 4 heteroatoms. The molecule has 0 radical (unpaired) electrons. The molecule has 0 aromatic carbocycles. The van der Waals surface area contributed by atoms with Crippen LogP contribution < -0.4 is 5.32 Å². The van der Waals surface area contributed by atoms with Crippen molar-refractivity contribution in [2.75, 3.05) is 20.6 Å². The van der Waals surface area contributed by atoms with Gasteiger partial charge < -0.3 is 10.2 Å². The zero-order valence-electron chi connectivity index (χ0n) is 11.1. The molecule has 2 heterocycles. The van der Waals surface area contributed by atoms with Gasteiger partial charge in [-0.1, -0.05) is 6.07 Å². The van der Waals surface area contributed by atoms with Crippen LogP contribution in [-0.2, 0) is 11.2 Å². The first-order valence-corrected chi connectivity index (χ1v) is 6.50. The second-order valence-electron chi connectivity index (χ2n) is 5.17. The number of hydrogen-bond acceptors (Lipinski definition) is 3. The van der Waals surface area contributed by atoms with Gasteiger partial charge in [0.15, 0.2) is 0 Å². The second-order valence-corrected chi connectivity index (χ2v) is 5.17. The average Bonchev–Trinajstić information content (AvgIpc) is 2.33. The van der Waals surface area contributed by atoms with E-state index in [1.54, 1.807) is 11.1 Å². The third kappa shape index (κ3) is 2.70. The molecule has 1 aromatic heterocycles. The van der Waals surface area contributed by atoms with Crippen LogP contribution in [0, 0.1) is 0 Å². The van der Waals surface area contributed by atoms with Crippen LogP contribution in [0.3, 0.4) is 0 Å². The highest BCUT2D eigenvalue weighted by atomic mass is 16.2. The van der Waals surface area contributed by atoms with Gasteiger partial charge in [-0.3, -0.25) is 9.78 Å². The minimum absolute atomic E-state index is 0.208. The van der Waals surface area contributed by atoms with Crippen molar-refractivity contribution < 1.29 is 4.79 Å². The largest absolute Gasteiger partial charge is 0.347 e. The molecule has 1 aromatic rings. The van der Waals surface area contributed by atoms with Crippen molar-refractivity contribution in [3.8, 4) is 0 Å². The fourth-order valence-corrected chi connectivity index (χ4v) is 2.50. The number of carbonyl (C=O) groups excluding carboxylic acids is 1. The molecule has 1 atom stereocenters. The Morgan fingerprint density at radius 2 is 2.33 bits per heavy atom. The minimum atomic E-state index is -0.300. The molecule has 4 nitrogen and oxygen atoms in total. The Balaban J connectivity index is 1.86. The number of hydrogen-bond donors (Lipinski definition) is 1. The highest BCUT2D eigenvalue weighted by Crippen LogP contribution is 2.27. The first kappa shape index (κ1) is 13.0. The Morgan fingerprint density at radius 3 is 2.83 bits per heavy atom. The normalized spacial score (nSPS) is 22.3. The van der Waals surface area contributed by atoms with Crippen molar-refractivity contribution >= 4 is 5.91 Å². The highest BCUT2D eigenvalue weighted by Gasteiger charge is 2.43. The lowest BCUT2D eigenvalue weighted by Crippen LogP contribution is -2.65. The predicted molar refractivity (Wildman–Crippen MR) is 71.2 cm³/mol. The monoisotopic (exact) mass is 247 g/mol. The summed E-state index contributed by atoms with van der Waals surface area (Å²) in [6, 6.07) is 4.04. The maximum Gasteiger partial charge on any atom is 0.242 e. The van der Waals surface area contributed by atoms with Crippen molar-refractivity contribution in [2.45, 2.75) is 31.2 Å². The van der Waals surface area contributed by atoms with E-state index in [0.29, 0.717) is 0 Å². The lowest BCUT2D eigenvalue weighted by Gasteiger charge is -2.43. The van der Waals surface area contributed by atoms with E-state index in [0.717, 1.165) is 32.2 Å².